The first-order valence-corrected chi connectivity index (χ1v) is 14.2. The van der Waals surface area contributed by atoms with Gasteiger partial charge in [0.05, 0.1) is 18.2 Å². The number of nitriles is 1. The maximum absolute atomic E-state index is 15.5. The number of nitrogens with zero attached hydrogens (tertiary/aromatic N) is 2. The molecular weight excluding hydrogens is 535 g/mol. The second-order valence-electron chi connectivity index (χ2n) is 10.8. The van der Waals surface area contributed by atoms with Crippen molar-refractivity contribution in [2.24, 2.45) is 5.92 Å². The SMILES string of the molecule is Cc1cccc(-c2c(F)cccc2[C@](O)(CCCNC(=O)O)[C@@H]2CCCN(C(=O)c3ccc(CNCC#N)cc3)C2)c1. The van der Waals surface area contributed by atoms with Gasteiger partial charge in [0.15, 0.2) is 0 Å². The number of aliphatic hydroxyl groups is 1. The molecule has 220 valence electrons. The number of hydrogen-bond donors (Lipinski definition) is 4. The van der Waals surface area contributed by atoms with Crippen molar-refractivity contribution < 1.29 is 24.2 Å². The molecule has 0 unspecified atom stereocenters. The Kier molecular flexibility index (Phi) is 10.3. The van der Waals surface area contributed by atoms with Gasteiger partial charge in [-0.05, 0) is 67.5 Å². The molecule has 0 spiro atoms. The topological polar surface area (TPSA) is 126 Å². The predicted octanol–water partition coefficient (Wildman–Crippen LogP) is 5.20. The standard InChI is InChI=1S/C33H37FN4O4/c1-23-6-2-7-26(20-23)30-28(9-3-10-29(30)34)33(42,15-5-17-37-32(40)41)27-8-4-19-38(22-27)31(39)25-13-11-24(12-14-25)21-36-18-16-35/h2-3,6-7,9-14,20,27,36-37,42H,4-5,8,15,17-19,21-22H2,1H3,(H,40,41)/t27-,33+/m1/s1. The zero-order valence-electron chi connectivity index (χ0n) is 23.8. The first-order chi connectivity index (χ1) is 20.2. The van der Waals surface area contributed by atoms with Gasteiger partial charge in [-0.3, -0.25) is 4.79 Å². The second-order valence-corrected chi connectivity index (χ2v) is 10.8. The van der Waals surface area contributed by atoms with Crippen molar-refractivity contribution in [1.82, 2.24) is 15.5 Å². The number of rotatable bonds is 11. The number of likely N-dealkylation sites (tertiary alicyclic amines) is 1. The minimum absolute atomic E-state index is 0.137. The lowest BCUT2D eigenvalue weighted by atomic mass is 9.72. The van der Waals surface area contributed by atoms with Crippen LogP contribution in [0.15, 0.2) is 66.7 Å². The lowest BCUT2D eigenvalue weighted by Crippen LogP contribution is -2.48. The van der Waals surface area contributed by atoms with E-state index in [2.05, 4.69) is 10.6 Å². The van der Waals surface area contributed by atoms with Gasteiger partial charge in [-0.2, -0.15) is 5.26 Å². The fourth-order valence-corrected chi connectivity index (χ4v) is 5.85. The number of piperidine rings is 1. The van der Waals surface area contributed by atoms with E-state index in [9.17, 15) is 14.7 Å². The molecule has 8 nitrogen and oxygen atoms in total. The maximum Gasteiger partial charge on any atom is 0.404 e. The number of benzene rings is 3. The summed E-state index contributed by atoms with van der Waals surface area (Å²) in [4.78, 5) is 26.4. The molecule has 4 N–H and O–H groups in total. The third kappa shape index (κ3) is 7.32. The highest BCUT2D eigenvalue weighted by Gasteiger charge is 2.43. The summed E-state index contributed by atoms with van der Waals surface area (Å²) >= 11 is 0. The molecule has 3 aromatic rings. The van der Waals surface area contributed by atoms with Crippen molar-refractivity contribution in [2.45, 2.75) is 44.8 Å². The highest BCUT2D eigenvalue weighted by Crippen LogP contribution is 2.44. The Bertz CT molecular complexity index is 1440. The molecule has 1 aliphatic heterocycles. The van der Waals surface area contributed by atoms with E-state index in [0.29, 0.717) is 54.6 Å². The van der Waals surface area contributed by atoms with Gasteiger partial charge in [0, 0.05) is 43.2 Å². The quantitative estimate of drug-likeness (QED) is 0.185. The summed E-state index contributed by atoms with van der Waals surface area (Å²) in [6.07, 6.45) is 0.661. The van der Waals surface area contributed by atoms with Crippen molar-refractivity contribution in [1.29, 1.82) is 5.26 Å². The molecule has 2 atom stereocenters. The van der Waals surface area contributed by atoms with Crippen LogP contribution >= 0.6 is 0 Å². The first-order valence-electron chi connectivity index (χ1n) is 14.2. The summed E-state index contributed by atoms with van der Waals surface area (Å²) in [6, 6.07) is 21.4. The van der Waals surface area contributed by atoms with Gasteiger partial charge >= 0.3 is 6.09 Å². The molecule has 1 saturated heterocycles. The van der Waals surface area contributed by atoms with Crippen LogP contribution in [0.3, 0.4) is 0 Å². The van der Waals surface area contributed by atoms with E-state index in [4.69, 9.17) is 10.4 Å². The minimum Gasteiger partial charge on any atom is -0.465 e. The Balaban J connectivity index is 1.64. The number of carbonyl (C=O) groups is 2. The summed E-state index contributed by atoms with van der Waals surface area (Å²) in [7, 11) is 0. The average Bonchev–Trinajstić information content (AvgIpc) is 2.99. The van der Waals surface area contributed by atoms with Gasteiger partial charge < -0.3 is 25.7 Å². The number of carbonyl (C=O) groups excluding carboxylic acids is 1. The largest absolute Gasteiger partial charge is 0.465 e. The molecule has 0 radical (unpaired) electrons. The van der Waals surface area contributed by atoms with Gasteiger partial charge in [0.2, 0.25) is 0 Å². The van der Waals surface area contributed by atoms with E-state index in [1.165, 1.54) is 6.07 Å². The van der Waals surface area contributed by atoms with Crippen molar-refractivity contribution in [3.8, 4) is 17.2 Å². The van der Waals surface area contributed by atoms with Crippen molar-refractivity contribution in [3.05, 3.63) is 94.8 Å². The Hall–Kier alpha value is -4.26. The summed E-state index contributed by atoms with van der Waals surface area (Å²) in [6.45, 7) is 3.63. The Morgan fingerprint density at radius 3 is 2.62 bits per heavy atom. The third-order valence-electron chi connectivity index (χ3n) is 7.92. The number of nitrogens with one attached hydrogen (secondary N) is 2. The summed E-state index contributed by atoms with van der Waals surface area (Å²) in [5.74, 6) is -1.00. The molecule has 4 rings (SSSR count). The van der Waals surface area contributed by atoms with Crippen molar-refractivity contribution in [2.75, 3.05) is 26.2 Å². The Labute approximate surface area is 245 Å². The Morgan fingerprint density at radius 1 is 1.14 bits per heavy atom. The molecule has 1 aliphatic rings. The highest BCUT2D eigenvalue weighted by molar-refractivity contribution is 5.94. The molecule has 3 aromatic carbocycles. The van der Waals surface area contributed by atoms with E-state index in [1.807, 2.05) is 49.4 Å². The molecule has 0 aliphatic carbocycles. The predicted molar refractivity (Wildman–Crippen MR) is 158 cm³/mol. The second kappa shape index (κ2) is 14.1. The third-order valence-corrected chi connectivity index (χ3v) is 7.92. The fraction of sp³-hybridized carbons (Fsp3) is 0.364. The first kappa shape index (κ1) is 30.7. The number of hydrogen-bond acceptors (Lipinski definition) is 5. The number of aryl methyl sites for hydroxylation is 1. The molecule has 42 heavy (non-hydrogen) atoms. The van der Waals surface area contributed by atoms with Crippen LogP contribution in [-0.4, -0.2) is 53.3 Å². The van der Waals surface area contributed by atoms with Crippen LogP contribution in [0, 0.1) is 30.0 Å². The molecule has 1 fully saturated rings. The molecule has 1 heterocycles. The zero-order chi connectivity index (χ0) is 30.1. The molecule has 2 amide bonds. The summed E-state index contributed by atoms with van der Waals surface area (Å²) < 4.78 is 15.5. The van der Waals surface area contributed by atoms with E-state index >= 15 is 4.39 Å². The average molecular weight is 573 g/mol. The van der Waals surface area contributed by atoms with Crippen LogP contribution in [0.5, 0.6) is 0 Å². The number of carboxylic acid groups (broad SMARTS) is 1. The van der Waals surface area contributed by atoms with Crippen molar-refractivity contribution >= 4 is 12.0 Å². The van der Waals surface area contributed by atoms with Gasteiger partial charge in [-0.25, -0.2) is 9.18 Å². The van der Waals surface area contributed by atoms with Crippen molar-refractivity contribution in [3.63, 3.8) is 0 Å². The summed E-state index contributed by atoms with van der Waals surface area (Å²) in [5.41, 5.74) is 2.33. The summed E-state index contributed by atoms with van der Waals surface area (Å²) in [5, 5.41) is 35.6. The molecule has 0 saturated carbocycles. The zero-order valence-corrected chi connectivity index (χ0v) is 23.8. The fourth-order valence-electron chi connectivity index (χ4n) is 5.85. The van der Waals surface area contributed by atoms with Gasteiger partial charge in [-0.15, -0.1) is 0 Å². The van der Waals surface area contributed by atoms with E-state index in [1.54, 1.807) is 29.2 Å². The van der Waals surface area contributed by atoms with Crippen LogP contribution < -0.4 is 10.6 Å². The molecule has 9 heteroatoms. The van der Waals surface area contributed by atoms with Crippen LogP contribution in [0.1, 0.15) is 52.7 Å². The van der Waals surface area contributed by atoms with E-state index in [-0.39, 0.29) is 32.0 Å². The lowest BCUT2D eigenvalue weighted by Gasteiger charge is -2.43. The van der Waals surface area contributed by atoms with Crippen LogP contribution in [0.4, 0.5) is 9.18 Å². The maximum atomic E-state index is 15.5. The normalized spacial score (nSPS) is 16.3. The molecular formula is C33H37FN4O4. The monoisotopic (exact) mass is 572 g/mol. The van der Waals surface area contributed by atoms with Crippen LogP contribution in [0.25, 0.3) is 11.1 Å². The van der Waals surface area contributed by atoms with E-state index in [0.717, 1.165) is 11.1 Å². The van der Waals surface area contributed by atoms with Crippen LogP contribution in [-0.2, 0) is 12.1 Å². The van der Waals surface area contributed by atoms with Crippen LogP contribution in [0.2, 0.25) is 0 Å². The smallest absolute Gasteiger partial charge is 0.404 e. The lowest BCUT2D eigenvalue weighted by molar-refractivity contribution is -0.0564. The highest BCUT2D eigenvalue weighted by atomic mass is 19.1. The van der Waals surface area contributed by atoms with Gasteiger partial charge in [-0.1, -0.05) is 54.1 Å². The van der Waals surface area contributed by atoms with Gasteiger partial charge in [0.25, 0.3) is 5.91 Å². The minimum atomic E-state index is -1.52. The number of halogens is 1. The number of amides is 2. The molecule has 0 bridgehead atoms. The van der Waals surface area contributed by atoms with E-state index < -0.39 is 23.4 Å². The van der Waals surface area contributed by atoms with Gasteiger partial charge in [0.1, 0.15) is 5.82 Å². The molecule has 0 aromatic heterocycles. The Morgan fingerprint density at radius 2 is 1.90 bits per heavy atom.